The molecule has 0 spiro atoms. The molecule has 2 atom stereocenters. The maximum Gasteiger partial charge on any atom is 0.404 e. The number of ether oxygens (including phenoxy) is 1. The molecule has 1 saturated heterocycles. The van der Waals surface area contributed by atoms with Crippen molar-refractivity contribution in [2.75, 3.05) is 18.1 Å². The molecule has 0 saturated carbocycles. The Bertz CT molecular complexity index is 957. The van der Waals surface area contributed by atoms with Gasteiger partial charge in [0.15, 0.2) is 0 Å². The summed E-state index contributed by atoms with van der Waals surface area (Å²) in [5, 5.41) is 12.5. The number of primary amides is 1. The smallest absolute Gasteiger partial charge is 0.404 e. The van der Waals surface area contributed by atoms with E-state index in [1.807, 2.05) is 0 Å². The van der Waals surface area contributed by atoms with Crippen LogP contribution in [0.25, 0.3) is 0 Å². The molecule has 3 amide bonds. The van der Waals surface area contributed by atoms with E-state index in [4.69, 9.17) is 28.9 Å². The van der Waals surface area contributed by atoms with Gasteiger partial charge in [-0.05, 0) is 18.2 Å². The molecule has 13 heteroatoms. The number of aliphatic carboxylic acids is 1. The number of nitrogens with two attached hydrogens (primary N) is 1. The number of carboxylic acid groups (broad SMARTS) is 1. The van der Waals surface area contributed by atoms with Crippen molar-refractivity contribution in [3.63, 3.8) is 0 Å². The zero-order valence-corrected chi connectivity index (χ0v) is 18.2. The molecule has 1 aromatic rings. The van der Waals surface area contributed by atoms with Crippen LogP contribution in [0.15, 0.2) is 34.4 Å². The van der Waals surface area contributed by atoms with Crippen molar-refractivity contribution in [3.05, 3.63) is 39.5 Å². The Hall–Kier alpha value is -2.08. The Balaban J connectivity index is 1.63. The number of amides is 3. The summed E-state index contributed by atoms with van der Waals surface area (Å²) < 4.78 is 4.66. The molecular weight excluding hydrogens is 477 g/mol. The van der Waals surface area contributed by atoms with Crippen molar-refractivity contribution in [1.82, 2.24) is 10.2 Å². The lowest BCUT2D eigenvalue weighted by Crippen LogP contribution is -2.70. The van der Waals surface area contributed by atoms with E-state index in [1.54, 1.807) is 18.2 Å². The third kappa shape index (κ3) is 4.80. The van der Waals surface area contributed by atoms with Crippen LogP contribution in [0.2, 0.25) is 10.0 Å². The zero-order chi connectivity index (χ0) is 22.0. The number of β-lactam (4-membered cyclic amide) rings is 1. The number of carboxylic acids is 1. The van der Waals surface area contributed by atoms with Gasteiger partial charge in [0.05, 0.1) is 10.8 Å². The molecule has 2 heterocycles. The van der Waals surface area contributed by atoms with Crippen LogP contribution in [0.1, 0.15) is 0 Å². The lowest BCUT2D eigenvalue weighted by molar-refractivity contribution is -0.150. The minimum absolute atomic E-state index is 0.000553. The van der Waals surface area contributed by atoms with E-state index in [1.165, 1.54) is 23.5 Å². The molecular formula is C17H15Cl2N3O6S2. The van der Waals surface area contributed by atoms with Crippen LogP contribution in [-0.2, 0) is 19.1 Å². The second-order valence-electron chi connectivity index (χ2n) is 6.18. The van der Waals surface area contributed by atoms with Crippen LogP contribution in [0, 0.1) is 0 Å². The third-order valence-electron chi connectivity index (χ3n) is 4.21. The predicted molar refractivity (Wildman–Crippen MR) is 112 cm³/mol. The first-order valence-electron chi connectivity index (χ1n) is 8.38. The van der Waals surface area contributed by atoms with Gasteiger partial charge >= 0.3 is 12.1 Å². The van der Waals surface area contributed by atoms with Gasteiger partial charge in [0.25, 0.3) is 5.91 Å². The molecule has 160 valence electrons. The first kappa shape index (κ1) is 22.6. The van der Waals surface area contributed by atoms with Gasteiger partial charge in [0.2, 0.25) is 5.91 Å². The number of benzene rings is 1. The molecule has 0 aromatic heterocycles. The van der Waals surface area contributed by atoms with Crippen LogP contribution >= 0.6 is 46.7 Å². The molecule has 3 rings (SSSR count). The Labute approximate surface area is 189 Å². The summed E-state index contributed by atoms with van der Waals surface area (Å²) in [5.74, 6) is -2.07. The van der Waals surface area contributed by atoms with Crippen LogP contribution < -0.4 is 11.1 Å². The fourth-order valence-electron chi connectivity index (χ4n) is 2.90. The molecule has 9 nitrogen and oxygen atoms in total. The predicted octanol–water partition coefficient (Wildman–Crippen LogP) is 1.92. The molecule has 0 radical (unpaired) electrons. The largest absolute Gasteiger partial charge is 0.477 e. The number of nitrogens with one attached hydrogen (secondary N) is 1. The van der Waals surface area contributed by atoms with Gasteiger partial charge in [-0.15, -0.1) is 23.5 Å². The summed E-state index contributed by atoms with van der Waals surface area (Å²) >= 11 is 14.4. The van der Waals surface area contributed by atoms with Gasteiger partial charge in [0.1, 0.15) is 23.7 Å². The minimum Gasteiger partial charge on any atom is -0.477 e. The van der Waals surface area contributed by atoms with E-state index in [0.29, 0.717) is 14.9 Å². The monoisotopic (exact) mass is 491 g/mol. The highest BCUT2D eigenvalue weighted by atomic mass is 35.5. The molecule has 1 fully saturated rings. The Morgan fingerprint density at radius 3 is 2.77 bits per heavy atom. The summed E-state index contributed by atoms with van der Waals surface area (Å²) in [6.45, 7) is -0.325. The van der Waals surface area contributed by atoms with Crippen molar-refractivity contribution in [2.24, 2.45) is 5.73 Å². The van der Waals surface area contributed by atoms with E-state index in [0.717, 1.165) is 4.90 Å². The average Bonchev–Trinajstić information content (AvgIpc) is 2.70. The van der Waals surface area contributed by atoms with Gasteiger partial charge in [-0.1, -0.05) is 23.2 Å². The zero-order valence-electron chi connectivity index (χ0n) is 15.1. The summed E-state index contributed by atoms with van der Waals surface area (Å²) in [7, 11) is 0. The van der Waals surface area contributed by atoms with Crippen molar-refractivity contribution in [1.29, 1.82) is 0 Å². The Morgan fingerprint density at radius 1 is 1.37 bits per heavy atom. The molecule has 2 aliphatic rings. The molecule has 0 bridgehead atoms. The number of fused-ring (bicyclic) bond motifs is 1. The highest BCUT2D eigenvalue weighted by Crippen LogP contribution is 2.40. The van der Waals surface area contributed by atoms with E-state index < -0.39 is 35.3 Å². The van der Waals surface area contributed by atoms with E-state index >= 15 is 0 Å². The number of nitrogens with zero attached hydrogens (tertiary/aromatic N) is 1. The second kappa shape index (κ2) is 9.38. The SMILES string of the molecule is NC(=O)OCC1=C(C(=O)O)N2C(=O)C(NC(=O)CSc3cc(Cl)ccc3Cl)[C@@H]2SC1. The highest BCUT2D eigenvalue weighted by molar-refractivity contribution is 8.00. The maximum atomic E-state index is 12.5. The first-order chi connectivity index (χ1) is 14.2. The highest BCUT2D eigenvalue weighted by Gasteiger charge is 2.54. The molecule has 2 aliphatic heterocycles. The van der Waals surface area contributed by atoms with Crippen LogP contribution in [0.5, 0.6) is 0 Å². The minimum atomic E-state index is -1.33. The van der Waals surface area contributed by atoms with Crippen molar-refractivity contribution >= 4 is 70.6 Å². The van der Waals surface area contributed by atoms with E-state index in [9.17, 15) is 24.3 Å². The molecule has 0 aliphatic carbocycles. The van der Waals surface area contributed by atoms with Gasteiger partial charge in [-0.2, -0.15) is 0 Å². The van der Waals surface area contributed by atoms with Crippen LogP contribution in [0.4, 0.5) is 4.79 Å². The Kier molecular flexibility index (Phi) is 7.06. The molecule has 1 aromatic carbocycles. The topological polar surface area (TPSA) is 139 Å². The summed E-state index contributed by atoms with van der Waals surface area (Å²) in [5.41, 5.74) is 4.92. The average molecular weight is 492 g/mol. The van der Waals surface area contributed by atoms with Gasteiger partial charge in [-0.25, -0.2) is 9.59 Å². The number of carbonyl (C=O) groups is 4. The number of hydrogen-bond acceptors (Lipinski definition) is 7. The normalized spacial score (nSPS) is 20.3. The van der Waals surface area contributed by atoms with Crippen LogP contribution in [0.3, 0.4) is 0 Å². The van der Waals surface area contributed by atoms with E-state index in [2.05, 4.69) is 10.1 Å². The van der Waals surface area contributed by atoms with Crippen molar-refractivity contribution in [3.8, 4) is 0 Å². The molecule has 1 unspecified atom stereocenters. The number of hydrogen-bond donors (Lipinski definition) is 3. The summed E-state index contributed by atoms with van der Waals surface area (Å²) in [6, 6.07) is 4.03. The second-order valence-corrected chi connectivity index (χ2v) is 9.15. The lowest BCUT2D eigenvalue weighted by Gasteiger charge is -2.49. The number of rotatable bonds is 7. The summed E-state index contributed by atoms with van der Waals surface area (Å²) in [6.07, 6.45) is -1.04. The maximum absolute atomic E-state index is 12.5. The van der Waals surface area contributed by atoms with Crippen molar-refractivity contribution < 1.29 is 29.0 Å². The third-order valence-corrected chi connectivity index (χ3v) is 7.28. The quantitative estimate of drug-likeness (QED) is 0.388. The first-order valence-corrected chi connectivity index (χ1v) is 11.2. The molecule has 4 N–H and O–H groups in total. The van der Waals surface area contributed by atoms with Gasteiger partial charge in [-0.3, -0.25) is 14.5 Å². The number of halogens is 2. The van der Waals surface area contributed by atoms with E-state index in [-0.39, 0.29) is 29.4 Å². The lowest BCUT2D eigenvalue weighted by atomic mass is 10.0. The Morgan fingerprint density at radius 2 is 2.10 bits per heavy atom. The standard InChI is InChI=1S/C17H15Cl2N3O6S2/c18-8-1-2-9(19)10(3-8)29-6-11(23)21-12-14(24)22-13(16(25)26)7(4-28-17(20)27)5-30-15(12)22/h1-3,12,15H,4-6H2,(H2,20,27)(H,21,23)(H,25,26)/t12?,15-/m0/s1. The fraction of sp³-hybridized carbons (Fsp3) is 0.294. The number of carbonyl (C=O) groups excluding carboxylic acids is 3. The van der Waals surface area contributed by atoms with Gasteiger partial charge < -0.3 is 20.9 Å². The fourth-order valence-corrected chi connectivity index (χ4v) is 5.53. The summed E-state index contributed by atoms with van der Waals surface area (Å²) in [4.78, 5) is 49.0. The number of thioether (sulfide) groups is 2. The molecule has 30 heavy (non-hydrogen) atoms. The van der Waals surface area contributed by atoms with Gasteiger partial charge in [0, 0.05) is 21.2 Å². The van der Waals surface area contributed by atoms with Crippen LogP contribution in [-0.4, -0.2) is 63.4 Å². The van der Waals surface area contributed by atoms with Crippen molar-refractivity contribution in [2.45, 2.75) is 16.3 Å².